The van der Waals surface area contributed by atoms with Gasteiger partial charge in [-0.2, -0.15) is 8.75 Å². The highest BCUT2D eigenvalue weighted by atomic mass is 32.1. The number of unbranched alkanes of at least 4 members (excludes halogenated alkanes) is 18. The molecule has 1 atom stereocenters. The summed E-state index contributed by atoms with van der Waals surface area (Å²) < 4.78 is 60.5. The van der Waals surface area contributed by atoms with Crippen LogP contribution in [0.5, 0.6) is 11.5 Å². The van der Waals surface area contributed by atoms with Crippen LogP contribution in [0.25, 0.3) is 85.7 Å². The van der Waals surface area contributed by atoms with E-state index < -0.39 is 0 Å². The van der Waals surface area contributed by atoms with Crippen molar-refractivity contribution in [2.24, 2.45) is 5.92 Å². The largest absolute Gasteiger partial charge is 0.489 e. The van der Waals surface area contributed by atoms with E-state index in [-0.39, 0.29) is 11.6 Å². The normalized spacial score (nSPS) is 12.2. The Morgan fingerprint density at radius 1 is 0.438 bits per heavy atom. The Labute approximate surface area is 488 Å². The van der Waals surface area contributed by atoms with Gasteiger partial charge in [0.25, 0.3) is 0 Å². The van der Waals surface area contributed by atoms with Crippen molar-refractivity contribution in [3.63, 3.8) is 0 Å². The molecule has 0 amide bonds. The molecule has 0 saturated heterocycles. The average Bonchev–Trinajstić information content (AvgIpc) is 4.43. The maximum absolute atomic E-state index is 17.3. The molecular formula is C70H85F2N3O2S3. The molecule has 0 aliphatic carbocycles. The van der Waals surface area contributed by atoms with Gasteiger partial charge >= 0.3 is 0 Å². The van der Waals surface area contributed by atoms with Crippen LogP contribution < -0.4 is 9.47 Å². The molecule has 9 rings (SSSR count). The Morgan fingerprint density at radius 2 is 0.850 bits per heavy atom. The van der Waals surface area contributed by atoms with Gasteiger partial charge in [0.1, 0.15) is 22.7 Å². The maximum Gasteiger partial charge on any atom is 0.172 e. The van der Waals surface area contributed by atoms with E-state index >= 15 is 8.78 Å². The molecule has 0 radical (unpaired) electrons. The number of aromatic nitrogens is 3. The molecule has 5 nitrogen and oxygen atoms in total. The first-order chi connectivity index (χ1) is 39.4. The maximum atomic E-state index is 17.3. The monoisotopic (exact) mass is 1130 g/mol. The number of fused-ring (bicyclic) bond motifs is 4. The van der Waals surface area contributed by atoms with Crippen LogP contribution in [0.4, 0.5) is 8.78 Å². The third kappa shape index (κ3) is 14.8. The number of hydrogen-bond acceptors (Lipinski definition) is 7. The van der Waals surface area contributed by atoms with Gasteiger partial charge in [0.15, 0.2) is 11.5 Å². The third-order valence-corrected chi connectivity index (χ3v) is 19.0. The van der Waals surface area contributed by atoms with Gasteiger partial charge in [-0.25, -0.2) is 8.78 Å². The highest BCUT2D eigenvalue weighted by Gasteiger charge is 2.30. The number of thiophene rings is 2. The van der Waals surface area contributed by atoms with E-state index in [4.69, 9.17) is 18.2 Å². The number of rotatable bonds is 35. The molecule has 0 N–H and O–H groups in total. The molecule has 0 aliphatic rings. The van der Waals surface area contributed by atoms with Gasteiger partial charge in [-0.15, -0.1) is 22.7 Å². The summed E-state index contributed by atoms with van der Waals surface area (Å²) >= 11 is 4.50. The van der Waals surface area contributed by atoms with Crippen LogP contribution in [0.1, 0.15) is 182 Å². The van der Waals surface area contributed by atoms with Crippen molar-refractivity contribution in [1.82, 2.24) is 13.3 Å². The molecule has 5 aromatic carbocycles. The smallest absolute Gasteiger partial charge is 0.172 e. The Balaban J connectivity index is 1.16. The minimum absolute atomic E-state index is 0.298. The lowest BCUT2D eigenvalue weighted by Gasteiger charge is -2.20. The van der Waals surface area contributed by atoms with Crippen molar-refractivity contribution in [2.75, 3.05) is 13.2 Å². The van der Waals surface area contributed by atoms with E-state index in [0.29, 0.717) is 41.8 Å². The highest BCUT2D eigenvalue weighted by molar-refractivity contribution is 7.19. The van der Waals surface area contributed by atoms with Gasteiger partial charge in [-0.05, 0) is 91.3 Å². The van der Waals surface area contributed by atoms with Gasteiger partial charge in [0.05, 0.1) is 36.1 Å². The molecule has 9 aromatic rings. The van der Waals surface area contributed by atoms with Crippen LogP contribution in [0.2, 0.25) is 0 Å². The second-order valence-corrected chi connectivity index (χ2v) is 24.9. The Kier molecular flexibility index (Phi) is 22.6. The van der Waals surface area contributed by atoms with Crippen molar-refractivity contribution in [3.8, 4) is 64.4 Å². The zero-order chi connectivity index (χ0) is 55.5. The first-order valence-electron chi connectivity index (χ1n) is 30.8. The summed E-state index contributed by atoms with van der Waals surface area (Å²) in [5.74, 6) is 1.21. The zero-order valence-electron chi connectivity index (χ0n) is 48.2. The molecule has 0 fully saturated rings. The van der Waals surface area contributed by atoms with Crippen LogP contribution in [0.3, 0.4) is 0 Å². The lowest BCUT2D eigenvalue weighted by Crippen LogP contribution is -2.11. The summed E-state index contributed by atoms with van der Waals surface area (Å²) in [6.07, 6.45) is 28.4. The van der Waals surface area contributed by atoms with Crippen molar-refractivity contribution in [3.05, 3.63) is 121 Å². The quantitative estimate of drug-likeness (QED) is 0.0372. The standard InChI is InChI=1S/C70H85F2N3O2S3/c1-5-9-13-17-20-26-34-50(33-25-16-12-8-4)49-75-59-47-53(51-35-27-23-28-36-51)57(71)45-54(59)55-46-58(72)56(48-60(55)75)62-40-42-64(79-62)66-68-67(73-80-74-68)65(63-41-39-61(78-63)52-37-29-24-30-38-52)69(76-43-31-21-18-14-10-6-2)70(66)77-44-32-22-19-15-11-7-3/h23-24,27-30,35-42,45-48,50H,5-22,25-26,31-34,43-44,49H2,1-4H3. The van der Waals surface area contributed by atoms with Crippen molar-refractivity contribution >= 4 is 67.2 Å². The molecule has 424 valence electrons. The van der Waals surface area contributed by atoms with E-state index in [1.807, 2.05) is 36.4 Å². The molecular weight excluding hydrogens is 1050 g/mol. The molecule has 10 heteroatoms. The minimum Gasteiger partial charge on any atom is -0.489 e. The predicted molar refractivity (Wildman–Crippen MR) is 341 cm³/mol. The van der Waals surface area contributed by atoms with E-state index in [2.05, 4.69) is 92.9 Å². The van der Waals surface area contributed by atoms with Crippen molar-refractivity contribution < 1.29 is 18.3 Å². The Hall–Kier alpha value is -5.42. The van der Waals surface area contributed by atoms with Gasteiger partial charge in [0.2, 0.25) is 0 Å². The first-order valence-corrected chi connectivity index (χ1v) is 33.1. The summed E-state index contributed by atoms with van der Waals surface area (Å²) in [5.41, 5.74) is 8.30. The minimum atomic E-state index is -0.328. The molecule has 4 heterocycles. The Morgan fingerprint density at radius 3 is 1.38 bits per heavy atom. The molecule has 0 saturated carbocycles. The van der Waals surface area contributed by atoms with Crippen LogP contribution in [0, 0.1) is 17.6 Å². The van der Waals surface area contributed by atoms with Crippen LogP contribution in [-0.4, -0.2) is 26.5 Å². The van der Waals surface area contributed by atoms with Gasteiger partial charge in [-0.3, -0.25) is 0 Å². The van der Waals surface area contributed by atoms with Crippen molar-refractivity contribution in [1.29, 1.82) is 0 Å². The number of benzene rings is 5. The predicted octanol–water partition coefficient (Wildman–Crippen LogP) is 23.4. The molecule has 0 aliphatic heterocycles. The molecule has 0 spiro atoms. The molecule has 0 bridgehead atoms. The van der Waals surface area contributed by atoms with Crippen LogP contribution in [-0.2, 0) is 6.54 Å². The van der Waals surface area contributed by atoms with Crippen LogP contribution in [0.15, 0.2) is 109 Å². The van der Waals surface area contributed by atoms with Gasteiger partial charge in [0, 0.05) is 59.0 Å². The van der Waals surface area contributed by atoms with Crippen LogP contribution >= 0.6 is 34.4 Å². The summed E-state index contributed by atoms with van der Waals surface area (Å²) in [6, 6.07) is 36.3. The highest BCUT2D eigenvalue weighted by Crippen LogP contribution is 2.54. The Bertz CT molecular complexity index is 3320. The third-order valence-electron chi connectivity index (χ3n) is 16.1. The summed E-state index contributed by atoms with van der Waals surface area (Å²) in [4.78, 5) is 3.95. The molecule has 4 aromatic heterocycles. The zero-order valence-corrected chi connectivity index (χ0v) is 50.6. The fourth-order valence-corrected chi connectivity index (χ4v) is 14.3. The molecule has 80 heavy (non-hydrogen) atoms. The number of halogens is 2. The summed E-state index contributed by atoms with van der Waals surface area (Å²) in [5, 5.41) is 1.49. The van der Waals surface area contributed by atoms with E-state index in [1.165, 1.54) is 138 Å². The van der Waals surface area contributed by atoms with Gasteiger partial charge < -0.3 is 14.0 Å². The lowest BCUT2D eigenvalue weighted by atomic mass is 9.94. The number of hydrogen-bond donors (Lipinski definition) is 0. The van der Waals surface area contributed by atoms with E-state index in [9.17, 15) is 0 Å². The van der Waals surface area contributed by atoms with Crippen molar-refractivity contribution in [2.45, 2.75) is 188 Å². The first kappa shape index (κ1) is 59.2. The summed E-state index contributed by atoms with van der Waals surface area (Å²) in [7, 11) is 0. The SMILES string of the molecule is CCCCCCCCOc1c(OCCCCCCCC)c(-c2ccc(-c3cc4c(cc3F)c3cc(F)c(-c5ccccc5)cc3n4CC(CCCCCC)CCCCCCCC)s2)c2nsnc2c1-c1ccc(-c2ccccc2)s1. The fraction of sp³-hybridized carbons (Fsp3) is 0.457. The number of nitrogens with zero attached hydrogens (tertiary/aromatic N) is 3. The van der Waals surface area contributed by atoms with E-state index in [1.54, 1.807) is 34.8 Å². The number of ether oxygens (including phenoxy) is 2. The lowest BCUT2D eigenvalue weighted by molar-refractivity contribution is 0.260. The summed E-state index contributed by atoms with van der Waals surface area (Å²) in [6.45, 7) is 10.9. The second-order valence-electron chi connectivity index (χ2n) is 22.2. The second kappa shape index (κ2) is 30.6. The van der Waals surface area contributed by atoms with E-state index in [0.717, 1.165) is 109 Å². The molecule has 1 unspecified atom stereocenters. The van der Waals surface area contributed by atoms with Gasteiger partial charge in [-0.1, -0.05) is 217 Å². The average molecular weight is 1130 g/mol. The topological polar surface area (TPSA) is 49.2 Å². The fourth-order valence-electron chi connectivity index (χ4n) is 11.7.